The van der Waals surface area contributed by atoms with Crippen LogP contribution in [0.25, 0.3) is 6.08 Å². The topological polar surface area (TPSA) is 57.6 Å². The lowest BCUT2D eigenvalue weighted by atomic mass is 9.88. The van der Waals surface area contributed by atoms with Crippen LogP contribution in [0.15, 0.2) is 89.4 Å². The van der Waals surface area contributed by atoms with E-state index in [-0.39, 0.29) is 12.2 Å². The highest BCUT2D eigenvalue weighted by molar-refractivity contribution is 9.10. The van der Waals surface area contributed by atoms with Crippen LogP contribution in [0.2, 0.25) is 0 Å². The van der Waals surface area contributed by atoms with Crippen molar-refractivity contribution in [2.75, 3.05) is 11.4 Å². The predicted octanol–water partition coefficient (Wildman–Crippen LogP) is 4.97. The molecule has 1 aliphatic heterocycles. The maximum Gasteiger partial charge on any atom is 0.264 e. The molecule has 3 aromatic rings. The molecule has 0 radical (unpaired) electrons. The van der Waals surface area contributed by atoms with Gasteiger partial charge in [-0.1, -0.05) is 88.7 Å². The highest BCUT2D eigenvalue weighted by Crippen LogP contribution is 2.42. The van der Waals surface area contributed by atoms with E-state index in [4.69, 9.17) is 0 Å². The standard InChI is InChI=1S/C25H20BrNO3/c26-20-14-12-19(13-15-20)23(28)17-25(30)21-10-4-5-11-22(21)27(24(25)29)16-6-9-18-7-2-1-3-8-18/h1-15,30H,16-17H2/b9-6+/t25-/m1/s1. The Morgan fingerprint density at radius 1 is 0.967 bits per heavy atom. The van der Waals surface area contributed by atoms with E-state index in [0.717, 1.165) is 10.0 Å². The van der Waals surface area contributed by atoms with E-state index in [1.165, 1.54) is 4.90 Å². The highest BCUT2D eigenvalue weighted by Gasteiger charge is 2.50. The number of amides is 1. The van der Waals surface area contributed by atoms with Crippen LogP contribution >= 0.6 is 15.9 Å². The number of carbonyl (C=O) groups excluding carboxylic acids is 2. The molecular weight excluding hydrogens is 442 g/mol. The third-order valence-electron chi connectivity index (χ3n) is 5.22. The van der Waals surface area contributed by atoms with Crippen molar-refractivity contribution >= 4 is 39.4 Å². The number of carbonyl (C=O) groups is 2. The Bertz CT molecular complexity index is 1110. The summed E-state index contributed by atoms with van der Waals surface area (Å²) in [5.41, 5.74) is 0.707. The molecule has 4 rings (SSSR count). The average Bonchev–Trinajstić information content (AvgIpc) is 2.97. The lowest BCUT2D eigenvalue weighted by Crippen LogP contribution is -2.41. The third kappa shape index (κ3) is 3.86. The zero-order chi connectivity index (χ0) is 21.1. The summed E-state index contributed by atoms with van der Waals surface area (Å²) in [6.07, 6.45) is 3.51. The smallest absolute Gasteiger partial charge is 0.264 e. The van der Waals surface area contributed by atoms with Gasteiger partial charge in [-0.05, 0) is 23.8 Å². The largest absolute Gasteiger partial charge is 0.375 e. The first-order chi connectivity index (χ1) is 14.5. The number of para-hydroxylation sites is 1. The fraction of sp³-hybridized carbons (Fsp3) is 0.120. The lowest BCUT2D eigenvalue weighted by Gasteiger charge is -2.22. The Kier molecular flexibility index (Phi) is 5.66. The third-order valence-corrected chi connectivity index (χ3v) is 5.75. The van der Waals surface area contributed by atoms with E-state index in [0.29, 0.717) is 23.4 Å². The number of aliphatic hydroxyl groups is 1. The summed E-state index contributed by atoms with van der Waals surface area (Å²) in [6.45, 7) is 0.305. The Hall–Kier alpha value is -3.02. The summed E-state index contributed by atoms with van der Waals surface area (Å²) in [4.78, 5) is 27.6. The van der Waals surface area contributed by atoms with Crippen molar-refractivity contribution in [2.45, 2.75) is 12.0 Å². The first kappa shape index (κ1) is 20.3. The molecule has 0 aliphatic carbocycles. The van der Waals surface area contributed by atoms with Crippen molar-refractivity contribution in [1.29, 1.82) is 0 Å². The molecule has 0 spiro atoms. The van der Waals surface area contributed by atoms with Crippen LogP contribution in [-0.2, 0) is 10.4 Å². The summed E-state index contributed by atoms with van der Waals surface area (Å²) < 4.78 is 0.858. The SMILES string of the molecule is O=C(C[C@]1(O)C(=O)N(C/C=C/c2ccccc2)c2ccccc21)c1ccc(Br)cc1. The molecule has 4 nitrogen and oxygen atoms in total. The van der Waals surface area contributed by atoms with Crippen LogP contribution in [0.4, 0.5) is 5.69 Å². The Labute approximate surface area is 183 Å². The van der Waals surface area contributed by atoms with Gasteiger partial charge in [0.2, 0.25) is 0 Å². The number of halogens is 1. The first-order valence-corrected chi connectivity index (χ1v) is 10.4. The van der Waals surface area contributed by atoms with Crippen molar-refractivity contribution in [3.63, 3.8) is 0 Å². The molecule has 0 saturated heterocycles. The van der Waals surface area contributed by atoms with E-state index in [1.54, 1.807) is 42.5 Å². The average molecular weight is 462 g/mol. The van der Waals surface area contributed by atoms with Crippen LogP contribution in [0.1, 0.15) is 27.9 Å². The summed E-state index contributed by atoms with van der Waals surface area (Å²) in [6, 6.07) is 23.8. The molecule has 1 aliphatic rings. The van der Waals surface area contributed by atoms with Gasteiger partial charge >= 0.3 is 0 Å². The monoisotopic (exact) mass is 461 g/mol. The van der Waals surface area contributed by atoms with Gasteiger partial charge in [0.25, 0.3) is 5.91 Å². The van der Waals surface area contributed by atoms with Gasteiger partial charge in [-0.3, -0.25) is 9.59 Å². The maximum absolute atomic E-state index is 13.2. The Morgan fingerprint density at radius 2 is 1.63 bits per heavy atom. The number of fused-ring (bicyclic) bond motifs is 1. The van der Waals surface area contributed by atoms with Crippen LogP contribution in [0.3, 0.4) is 0 Å². The normalized spacial score (nSPS) is 18.1. The molecule has 1 atom stereocenters. The second-order valence-electron chi connectivity index (χ2n) is 7.21. The number of rotatable bonds is 6. The zero-order valence-corrected chi connectivity index (χ0v) is 17.7. The Morgan fingerprint density at radius 3 is 2.37 bits per heavy atom. The second-order valence-corrected chi connectivity index (χ2v) is 8.13. The van der Waals surface area contributed by atoms with E-state index in [2.05, 4.69) is 15.9 Å². The molecule has 150 valence electrons. The fourth-order valence-corrected chi connectivity index (χ4v) is 3.95. The van der Waals surface area contributed by atoms with Crippen molar-refractivity contribution < 1.29 is 14.7 Å². The fourth-order valence-electron chi connectivity index (χ4n) is 3.69. The van der Waals surface area contributed by atoms with Gasteiger partial charge in [0.1, 0.15) is 0 Å². The van der Waals surface area contributed by atoms with Crippen LogP contribution < -0.4 is 4.90 Å². The first-order valence-electron chi connectivity index (χ1n) is 9.63. The van der Waals surface area contributed by atoms with Crippen LogP contribution in [-0.4, -0.2) is 23.3 Å². The van der Waals surface area contributed by atoms with E-state index < -0.39 is 11.5 Å². The van der Waals surface area contributed by atoms with E-state index >= 15 is 0 Å². The molecule has 30 heavy (non-hydrogen) atoms. The second kappa shape index (κ2) is 8.38. The molecule has 0 saturated carbocycles. The molecule has 3 aromatic carbocycles. The minimum absolute atomic E-state index is 0.283. The number of ketones is 1. The van der Waals surface area contributed by atoms with Gasteiger partial charge < -0.3 is 10.0 Å². The summed E-state index contributed by atoms with van der Waals surface area (Å²) in [5.74, 6) is -0.762. The molecule has 1 amide bonds. The van der Waals surface area contributed by atoms with Crippen molar-refractivity contribution in [3.8, 4) is 0 Å². The van der Waals surface area contributed by atoms with E-state index in [9.17, 15) is 14.7 Å². The maximum atomic E-state index is 13.2. The molecule has 1 heterocycles. The molecule has 0 fully saturated rings. The van der Waals surface area contributed by atoms with Crippen molar-refractivity contribution in [2.24, 2.45) is 0 Å². The van der Waals surface area contributed by atoms with Gasteiger partial charge in [-0.2, -0.15) is 0 Å². The summed E-state index contributed by atoms with van der Waals surface area (Å²) in [7, 11) is 0. The predicted molar refractivity (Wildman–Crippen MR) is 121 cm³/mol. The quantitative estimate of drug-likeness (QED) is 0.527. The van der Waals surface area contributed by atoms with Gasteiger partial charge in [-0.15, -0.1) is 0 Å². The minimum atomic E-state index is -1.87. The van der Waals surface area contributed by atoms with Gasteiger partial charge in [0, 0.05) is 22.1 Å². The summed E-state index contributed by atoms with van der Waals surface area (Å²) >= 11 is 3.35. The molecular formula is C25H20BrNO3. The molecule has 5 heteroatoms. The molecule has 0 bridgehead atoms. The minimum Gasteiger partial charge on any atom is -0.375 e. The Balaban J connectivity index is 1.59. The van der Waals surface area contributed by atoms with Crippen molar-refractivity contribution in [1.82, 2.24) is 0 Å². The zero-order valence-electron chi connectivity index (χ0n) is 16.2. The lowest BCUT2D eigenvalue weighted by molar-refractivity contribution is -0.135. The summed E-state index contributed by atoms with van der Waals surface area (Å²) in [5, 5.41) is 11.3. The number of nitrogens with zero attached hydrogens (tertiary/aromatic N) is 1. The number of Topliss-reactive ketones (excluding diaryl/α,β-unsaturated/α-hetero) is 1. The highest BCUT2D eigenvalue weighted by atomic mass is 79.9. The number of anilines is 1. The van der Waals surface area contributed by atoms with E-state index in [1.807, 2.05) is 48.6 Å². The molecule has 0 unspecified atom stereocenters. The van der Waals surface area contributed by atoms with Gasteiger partial charge in [0.15, 0.2) is 11.4 Å². The molecule has 0 aromatic heterocycles. The van der Waals surface area contributed by atoms with Crippen LogP contribution in [0.5, 0.6) is 0 Å². The van der Waals surface area contributed by atoms with Gasteiger partial charge in [0.05, 0.1) is 12.1 Å². The van der Waals surface area contributed by atoms with Crippen LogP contribution in [0, 0.1) is 0 Å². The number of hydrogen-bond donors (Lipinski definition) is 1. The van der Waals surface area contributed by atoms with Gasteiger partial charge in [-0.25, -0.2) is 0 Å². The number of hydrogen-bond acceptors (Lipinski definition) is 3. The number of benzene rings is 3. The molecule has 1 N–H and O–H groups in total. The van der Waals surface area contributed by atoms with Crippen molar-refractivity contribution in [3.05, 3.63) is 106 Å².